The van der Waals surface area contributed by atoms with Gasteiger partial charge in [0.25, 0.3) is 0 Å². The number of aromatic nitrogens is 1. The molecule has 0 bridgehead atoms. The van der Waals surface area contributed by atoms with Gasteiger partial charge in [0, 0.05) is 31.9 Å². The van der Waals surface area contributed by atoms with E-state index in [4.69, 9.17) is 5.11 Å². The number of likely N-dealkylation sites (tertiary alicyclic amines) is 1. The van der Waals surface area contributed by atoms with Crippen molar-refractivity contribution in [2.24, 2.45) is 5.92 Å². The summed E-state index contributed by atoms with van der Waals surface area (Å²) in [7, 11) is 0. The van der Waals surface area contributed by atoms with E-state index in [-0.39, 0.29) is 24.4 Å². The molecule has 6 heteroatoms. The van der Waals surface area contributed by atoms with Crippen LogP contribution < -0.4 is 5.32 Å². The summed E-state index contributed by atoms with van der Waals surface area (Å²) in [5.41, 5.74) is 0.964. The number of carboxylic acids is 1. The average Bonchev–Trinajstić information content (AvgIpc) is 2.48. The van der Waals surface area contributed by atoms with Gasteiger partial charge in [-0.2, -0.15) is 0 Å². The Hall–Kier alpha value is -2.11. The van der Waals surface area contributed by atoms with Crippen LogP contribution in [0.15, 0.2) is 24.5 Å². The lowest BCUT2D eigenvalue weighted by Crippen LogP contribution is -2.45. The fourth-order valence-corrected chi connectivity index (χ4v) is 2.58. The number of hydrogen-bond acceptors (Lipinski definition) is 3. The summed E-state index contributed by atoms with van der Waals surface area (Å²) in [4.78, 5) is 28.7. The fourth-order valence-electron chi connectivity index (χ4n) is 2.58. The van der Waals surface area contributed by atoms with Crippen molar-refractivity contribution in [1.82, 2.24) is 15.2 Å². The summed E-state index contributed by atoms with van der Waals surface area (Å²) in [6.07, 6.45) is 5.14. The van der Waals surface area contributed by atoms with E-state index in [1.807, 2.05) is 19.1 Å². The zero-order valence-electron chi connectivity index (χ0n) is 12.2. The summed E-state index contributed by atoms with van der Waals surface area (Å²) in [6, 6.07) is 3.58. The maximum Gasteiger partial charge on any atom is 0.317 e. The lowest BCUT2D eigenvalue weighted by molar-refractivity contribution is -0.138. The van der Waals surface area contributed by atoms with Crippen LogP contribution in [0.4, 0.5) is 4.79 Å². The van der Waals surface area contributed by atoms with Gasteiger partial charge in [0.1, 0.15) is 0 Å². The molecular formula is C15H21N3O3. The molecular weight excluding hydrogens is 270 g/mol. The van der Waals surface area contributed by atoms with Gasteiger partial charge in [-0.15, -0.1) is 0 Å². The lowest BCUT2D eigenvalue weighted by atomic mass is 9.94. The molecule has 0 spiro atoms. The second-order valence-electron chi connectivity index (χ2n) is 5.49. The summed E-state index contributed by atoms with van der Waals surface area (Å²) in [6.45, 7) is 3.15. The summed E-state index contributed by atoms with van der Waals surface area (Å²) in [5.74, 6) is -0.578. The Labute approximate surface area is 124 Å². The van der Waals surface area contributed by atoms with Gasteiger partial charge in [-0.25, -0.2) is 4.79 Å². The summed E-state index contributed by atoms with van der Waals surface area (Å²) in [5, 5.41) is 11.7. The number of amides is 2. The highest BCUT2D eigenvalue weighted by atomic mass is 16.4. The third-order valence-electron chi connectivity index (χ3n) is 3.89. The van der Waals surface area contributed by atoms with Crippen molar-refractivity contribution < 1.29 is 14.7 Å². The number of carbonyl (C=O) groups is 2. The number of carboxylic acid groups (broad SMARTS) is 1. The Morgan fingerprint density at radius 3 is 2.76 bits per heavy atom. The molecule has 1 aromatic rings. The number of piperidine rings is 1. The van der Waals surface area contributed by atoms with Crippen LogP contribution in [0.25, 0.3) is 0 Å². The van der Waals surface area contributed by atoms with E-state index in [2.05, 4.69) is 10.3 Å². The van der Waals surface area contributed by atoms with Gasteiger partial charge in [0.15, 0.2) is 0 Å². The molecule has 1 aliphatic heterocycles. The van der Waals surface area contributed by atoms with Crippen molar-refractivity contribution in [3.63, 3.8) is 0 Å². The van der Waals surface area contributed by atoms with Gasteiger partial charge in [0.2, 0.25) is 0 Å². The highest BCUT2D eigenvalue weighted by Crippen LogP contribution is 2.21. The van der Waals surface area contributed by atoms with Crippen LogP contribution in [-0.2, 0) is 4.79 Å². The van der Waals surface area contributed by atoms with E-state index in [0.29, 0.717) is 13.1 Å². The minimum absolute atomic E-state index is 0.0945. The zero-order valence-corrected chi connectivity index (χ0v) is 12.2. The molecule has 2 amide bonds. The Balaban J connectivity index is 1.81. The number of nitrogens with one attached hydrogen (secondary N) is 1. The number of carbonyl (C=O) groups excluding carboxylic acids is 1. The van der Waals surface area contributed by atoms with E-state index in [9.17, 15) is 9.59 Å². The number of pyridine rings is 1. The van der Waals surface area contributed by atoms with Crippen molar-refractivity contribution in [1.29, 1.82) is 0 Å². The minimum Gasteiger partial charge on any atom is -0.481 e. The molecule has 0 aliphatic carbocycles. The first-order valence-electron chi connectivity index (χ1n) is 7.23. The number of aliphatic carboxylic acids is 1. The van der Waals surface area contributed by atoms with E-state index in [0.717, 1.165) is 18.4 Å². The molecule has 2 heterocycles. The third-order valence-corrected chi connectivity index (χ3v) is 3.89. The Morgan fingerprint density at radius 2 is 2.19 bits per heavy atom. The maximum atomic E-state index is 12.2. The molecule has 0 saturated carbocycles. The second-order valence-corrected chi connectivity index (χ2v) is 5.49. The highest BCUT2D eigenvalue weighted by Gasteiger charge is 2.25. The Morgan fingerprint density at radius 1 is 1.48 bits per heavy atom. The minimum atomic E-state index is -0.761. The van der Waals surface area contributed by atoms with Crippen LogP contribution in [-0.4, -0.2) is 40.1 Å². The van der Waals surface area contributed by atoms with Crippen LogP contribution in [0.2, 0.25) is 0 Å². The maximum absolute atomic E-state index is 12.2. The molecule has 1 fully saturated rings. The van der Waals surface area contributed by atoms with Gasteiger partial charge >= 0.3 is 12.0 Å². The standard InChI is InChI=1S/C15H21N3O3/c1-11(13-3-2-6-16-10-13)17-15(21)18-7-4-12(5-8-18)9-14(19)20/h2-3,6,10-12H,4-5,7-9H2,1H3,(H,17,21)(H,19,20). The smallest absolute Gasteiger partial charge is 0.317 e. The number of hydrogen-bond donors (Lipinski definition) is 2. The summed E-state index contributed by atoms with van der Waals surface area (Å²) >= 11 is 0. The first-order chi connectivity index (χ1) is 10.1. The average molecular weight is 291 g/mol. The molecule has 0 aromatic carbocycles. The van der Waals surface area contributed by atoms with Crippen LogP contribution in [0.5, 0.6) is 0 Å². The quantitative estimate of drug-likeness (QED) is 0.889. The predicted octanol–water partition coefficient (Wildman–Crippen LogP) is 2.04. The SMILES string of the molecule is CC(NC(=O)N1CCC(CC(=O)O)CC1)c1cccnc1. The number of urea groups is 1. The molecule has 0 radical (unpaired) electrons. The number of rotatable bonds is 4. The molecule has 2 N–H and O–H groups in total. The Kier molecular flexibility index (Phi) is 5.14. The largest absolute Gasteiger partial charge is 0.481 e. The molecule has 6 nitrogen and oxygen atoms in total. The molecule has 114 valence electrons. The molecule has 2 rings (SSSR count). The molecule has 1 aliphatic rings. The normalized spacial score (nSPS) is 17.3. The zero-order chi connectivity index (χ0) is 15.2. The molecule has 21 heavy (non-hydrogen) atoms. The van der Waals surface area contributed by atoms with Crippen molar-refractivity contribution in [2.45, 2.75) is 32.2 Å². The summed E-state index contributed by atoms with van der Waals surface area (Å²) < 4.78 is 0. The van der Waals surface area contributed by atoms with E-state index >= 15 is 0 Å². The van der Waals surface area contributed by atoms with Crippen molar-refractivity contribution in [2.75, 3.05) is 13.1 Å². The lowest BCUT2D eigenvalue weighted by Gasteiger charge is -2.32. The predicted molar refractivity (Wildman–Crippen MR) is 77.7 cm³/mol. The van der Waals surface area contributed by atoms with Crippen LogP contribution in [0, 0.1) is 5.92 Å². The monoisotopic (exact) mass is 291 g/mol. The van der Waals surface area contributed by atoms with Gasteiger partial charge in [-0.3, -0.25) is 9.78 Å². The second kappa shape index (κ2) is 7.06. The van der Waals surface area contributed by atoms with Gasteiger partial charge in [-0.1, -0.05) is 6.07 Å². The van der Waals surface area contributed by atoms with Gasteiger partial charge in [0.05, 0.1) is 6.04 Å². The first kappa shape index (κ1) is 15.3. The van der Waals surface area contributed by atoms with Crippen molar-refractivity contribution >= 4 is 12.0 Å². The van der Waals surface area contributed by atoms with Crippen molar-refractivity contribution in [3.8, 4) is 0 Å². The third kappa shape index (κ3) is 4.44. The van der Waals surface area contributed by atoms with Crippen LogP contribution in [0.1, 0.15) is 37.8 Å². The molecule has 1 unspecified atom stereocenters. The Bertz CT molecular complexity index is 484. The van der Waals surface area contributed by atoms with Crippen LogP contribution >= 0.6 is 0 Å². The molecule has 1 aromatic heterocycles. The molecule has 1 saturated heterocycles. The highest BCUT2D eigenvalue weighted by molar-refractivity contribution is 5.74. The van der Waals surface area contributed by atoms with E-state index in [1.165, 1.54) is 0 Å². The van der Waals surface area contributed by atoms with Crippen LogP contribution in [0.3, 0.4) is 0 Å². The van der Waals surface area contributed by atoms with E-state index < -0.39 is 5.97 Å². The molecule has 1 atom stereocenters. The van der Waals surface area contributed by atoms with Gasteiger partial charge < -0.3 is 15.3 Å². The van der Waals surface area contributed by atoms with Gasteiger partial charge in [-0.05, 0) is 37.3 Å². The number of nitrogens with zero attached hydrogens (tertiary/aromatic N) is 2. The first-order valence-corrected chi connectivity index (χ1v) is 7.23. The fraction of sp³-hybridized carbons (Fsp3) is 0.533. The van der Waals surface area contributed by atoms with Crippen molar-refractivity contribution in [3.05, 3.63) is 30.1 Å². The topological polar surface area (TPSA) is 82.5 Å². The van der Waals surface area contributed by atoms with E-state index in [1.54, 1.807) is 17.3 Å².